The van der Waals surface area contributed by atoms with Crippen molar-refractivity contribution in [2.75, 3.05) is 13.2 Å². The topological polar surface area (TPSA) is 52.6 Å². The molecule has 0 aliphatic rings. The maximum Gasteiger partial charge on any atom is 0.334 e. The Bertz CT molecular complexity index is 453. The van der Waals surface area contributed by atoms with Crippen LogP contribution in [0.2, 0.25) is 0 Å². The molecule has 0 unspecified atom stereocenters. The van der Waals surface area contributed by atoms with Gasteiger partial charge in [0.05, 0.1) is 13.2 Å². The maximum absolute atomic E-state index is 12.8. The predicted octanol–water partition coefficient (Wildman–Crippen LogP) is 5.55. The summed E-state index contributed by atoms with van der Waals surface area (Å²) in [6.45, 7) is 21.0. The summed E-state index contributed by atoms with van der Waals surface area (Å²) in [7, 11) is 0. The number of ether oxygens (including phenoxy) is 2. The zero-order chi connectivity index (χ0) is 20.7. The molecule has 152 valence electrons. The van der Waals surface area contributed by atoms with E-state index in [1.807, 2.05) is 27.7 Å². The van der Waals surface area contributed by atoms with E-state index < -0.39 is 11.9 Å². The molecule has 0 aliphatic carbocycles. The Morgan fingerprint density at radius 3 is 1.12 bits per heavy atom. The summed E-state index contributed by atoms with van der Waals surface area (Å²) in [6, 6.07) is 0. The van der Waals surface area contributed by atoms with Gasteiger partial charge < -0.3 is 9.47 Å². The largest absolute Gasteiger partial charge is 0.462 e. The third-order valence-electron chi connectivity index (χ3n) is 3.37. The Morgan fingerprint density at radius 1 is 0.654 bits per heavy atom. The summed E-state index contributed by atoms with van der Waals surface area (Å²) < 4.78 is 11.0. The zero-order valence-electron chi connectivity index (χ0n) is 18.6. The zero-order valence-corrected chi connectivity index (χ0v) is 18.6. The van der Waals surface area contributed by atoms with Crippen molar-refractivity contribution in [3.8, 4) is 0 Å². The number of carbonyl (C=O) groups is 2. The van der Waals surface area contributed by atoms with Gasteiger partial charge in [-0.3, -0.25) is 0 Å². The normalized spacial score (nSPS) is 13.7. The highest BCUT2D eigenvalue weighted by atomic mass is 16.5. The molecular weight excluding hydrogens is 328 g/mol. The molecule has 0 heterocycles. The van der Waals surface area contributed by atoms with Crippen LogP contribution in [0.5, 0.6) is 0 Å². The predicted molar refractivity (Wildman–Crippen MR) is 107 cm³/mol. The molecular formula is C22H40O4. The van der Waals surface area contributed by atoms with E-state index in [1.54, 1.807) is 0 Å². The van der Waals surface area contributed by atoms with Gasteiger partial charge in [0.2, 0.25) is 0 Å². The van der Waals surface area contributed by atoms with Crippen molar-refractivity contribution >= 4 is 11.9 Å². The van der Waals surface area contributed by atoms with Gasteiger partial charge in [0, 0.05) is 11.1 Å². The average molecular weight is 369 g/mol. The molecule has 4 nitrogen and oxygen atoms in total. The lowest BCUT2D eigenvalue weighted by Gasteiger charge is -2.26. The van der Waals surface area contributed by atoms with E-state index in [0.717, 1.165) is 0 Å². The molecule has 0 aromatic rings. The van der Waals surface area contributed by atoms with Gasteiger partial charge in [0.1, 0.15) is 0 Å². The van der Waals surface area contributed by atoms with Crippen LogP contribution in [0.1, 0.15) is 82.1 Å². The van der Waals surface area contributed by atoms with Crippen molar-refractivity contribution in [2.45, 2.75) is 82.1 Å². The first-order valence-corrected chi connectivity index (χ1v) is 9.68. The summed E-state index contributed by atoms with van der Waals surface area (Å²) in [6.07, 6.45) is 0.957. The third-order valence-corrected chi connectivity index (χ3v) is 3.37. The lowest BCUT2D eigenvalue weighted by molar-refractivity contribution is -0.144. The fraction of sp³-hybridized carbons (Fsp3) is 0.818. The van der Waals surface area contributed by atoms with Gasteiger partial charge in [0.15, 0.2) is 0 Å². The highest BCUT2D eigenvalue weighted by Gasteiger charge is 2.30. The number of rotatable bonds is 8. The summed E-state index contributed by atoms with van der Waals surface area (Å²) in [4.78, 5) is 25.6. The second-order valence-electron chi connectivity index (χ2n) is 10.4. The van der Waals surface area contributed by atoms with Gasteiger partial charge in [-0.25, -0.2) is 9.59 Å². The minimum Gasteiger partial charge on any atom is -0.462 e. The second kappa shape index (κ2) is 10.1. The van der Waals surface area contributed by atoms with E-state index in [1.165, 1.54) is 0 Å². The highest BCUT2D eigenvalue weighted by Crippen LogP contribution is 2.33. The Kier molecular flexibility index (Phi) is 9.61. The van der Waals surface area contributed by atoms with Crippen molar-refractivity contribution in [1.29, 1.82) is 0 Å². The Hall–Kier alpha value is -1.32. The first kappa shape index (κ1) is 24.7. The van der Waals surface area contributed by atoms with Gasteiger partial charge in [-0.1, -0.05) is 69.2 Å². The molecule has 0 aromatic carbocycles. The quantitative estimate of drug-likeness (QED) is 0.416. The Morgan fingerprint density at radius 2 is 0.923 bits per heavy atom. The van der Waals surface area contributed by atoms with Crippen LogP contribution in [-0.4, -0.2) is 25.2 Å². The van der Waals surface area contributed by atoms with Gasteiger partial charge in [-0.05, 0) is 35.5 Å². The standard InChI is InChI=1S/C22H40O4/c1-15(2)13-25-19(23)17(11-21(5,6)7)18(12-22(8,9)10)20(24)26-14-16(3)4/h15-16H,11-14H2,1-10H3. The summed E-state index contributed by atoms with van der Waals surface area (Å²) in [5.74, 6) is -0.300. The first-order valence-electron chi connectivity index (χ1n) is 9.68. The van der Waals surface area contributed by atoms with Gasteiger partial charge in [-0.15, -0.1) is 0 Å². The highest BCUT2D eigenvalue weighted by molar-refractivity contribution is 6.00. The van der Waals surface area contributed by atoms with E-state index in [4.69, 9.17) is 9.47 Å². The van der Waals surface area contributed by atoms with Crippen LogP contribution in [-0.2, 0) is 19.1 Å². The lowest BCUT2D eigenvalue weighted by atomic mass is 9.81. The first-order chi connectivity index (χ1) is 11.6. The molecule has 0 radical (unpaired) electrons. The molecule has 0 spiro atoms. The van der Waals surface area contributed by atoms with Crippen LogP contribution in [0.4, 0.5) is 0 Å². The minimum atomic E-state index is -0.394. The van der Waals surface area contributed by atoms with Crippen molar-refractivity contribution in [3.63, 3.8) is 0 Å². The molecule has 0 saturated heterocycles. The third kappa shape index (κ3) is 11.3. The van der Waals surface area contributed by atoms with Crippen molar-refractivity contribution < 1.29 is 19.1 Å². The maximum atomic E-state index is 12.8. The average Bonchev–Trinajstić information content (AvgIpc) is 2.43. The molecule has 0 bridgehead atoms. The number of hydrogen-bond donors (Lipinski definition) is 0. The number of esters is 2. The second-order valence-corrected chi connectivity index (χ2v) is 10.4. The molecule has 0 aliphatic heterocycles. The van der Waals surface area contributed by atoms with Crippen LogP contribution < -0.4 is 0 Å². The fourth-order valence-corrected chi connectivity index (χ4v) is 2.32. The molecule has 0 saturated carbocycles. The van der Waals surface area contributed by atoms with Gasteiger partial charge >= 0.3 is 11.9 Å². The molecule has 4 heteroatoms. The number of carbonyl (C=O) groups excluding carboxylic acids is 2. The number of hydrogen-bond acceptors (Lipinski definition) is 4. The fourth-order valence-electron chi connectivity index (χ4n) is 2.32. The monoisotopic (exact) mass is 368 g/mol. The molecule has 0 amide bonds. The molecule has 26 heavy (non-hydrogen) atoms. The summed E-state index contributed by atoms with van der Waals surface area (Å²) in [5.41, 5.74) is 0.630. The van der Waals surface area contributed by atoms with E-state index >= 15 is 0 Å². The Balaban J connectivity index is 5.95. The molecule has 0 rings (SSSR count). The summed E-state index contributed by atoms with van der Waals surface area (Å²) in [5, 5.41) is 0. The van der Waals surface area contributed by atoms with Crippen LogP contribution in [0, 0.1) is 22.7 Å². The minimum absolute atomic E-state index is 0.145. The van der Waals surface area contributed by atoms with E-state index in [2.05, 4.69) is 41.5 Å². The molecule has 0 fully saturated rings. The van der Waals surface area contributed by atoms with Crippen molar-refractivity contribution in [2.24, 2.45) is 22.7 Å². The summed E-state index contributed by atoms with van der Waals surface area (Å²) >= 11 is 0. The van der Waals surface area contributed by atoms with E-state index in [0.29, 0.717) is 37.2 Å². The van der Waals surface area contributed by atoms with Crippen molar-refractivity contribution in [3.05, 3.63) is 11.1 Å². The lowest BCUT2D eigenvalue weighted by Crippen LogP contribution is -2.25. The smallest absolute Gasteiger partial charge is 0.334 e. The molecule has 0 aromatic heterocycles. The van der Waals surface area contributed by atoms with Crippen molar-refractivity contribution in [1.82, 2.24) is 0 Å². The van der Waals surface area contributed by atoms with E-state index in [-0.39, 0.29) is 22.7 Å². The van der Waals surface area contributed by atoms with Gasteiger partial charge in [0.25, 0.3) is 0 Å². The SMILES string of the molecule is CC(C)COC(=O)C(CC(C)(C)C)=C(CC(C)(C)C)C(=O)OCC(C)C. The molecule has 0 atom stereocenters. The van der Waals surface area contributed by atoms with Gasteiger partial charge in [-0.2, -0.15) is 0 Å². The van der Waals surface area contributed by atoms with E-state index in [9.17, 15) is 9.59 Å². The Labute approximate surface area is 160 Å². The van der Waals surface area contributed by atoms with Crippen LogP contribution in [0.25, 0.3) is 0 Å². The van der Waals surface area contributed by atoms with Crippen LogP contribution in [0.3, 0.4) is 0 Å². The molecule has 0 N–H and O–H groups in total. The van der Waals surface area contributed by atoms with Crippen LogP contribution in [0.15, 0.2) is 11.1 Å². The van der Waals surface area contributed by atoms with Crippen LogP contribution >= 0.6 is 0 Å².